The van der Waals surface area contributed by atoms with E-state index in [2.05, 4.69) is 28.5 Å². The molecule has 4 heteroatoms. The molecular weight excluding hydrogens is 312 g/mol. The van der Waals surface area contributed by atoms with Crippen LogP contribution < -0.4 is 10.1 Å². The van der Waals surface area contributed by atoms with Crippen molar-refractivity contribution >= 4 is 5.91 Å². The third kappa shape index (κ3) is 4.81. The summed E-state index contributed by atoms with van der Waals surface area (Å²) in [6.45, 7) is 0.649. The summed E-state index contributed by atoms with van der Waals surface area (Å²) in [4.78, 5) is 16.6. The van der Waals surface area contributed by atoms with Gasteiger partial charge in [0.2, 0.25) is 5.91 Å². The number of benzene rings is 1. The van der Waals surface area contributed by atoms with Crippen LogP contribution in [0.3, 0.4) is 0 Å². The Bertz CT molecular complexity index is 664. The summed E-state index contributed by atoms with van der Waals surface area (Å²) in [6.07, 6.45) is 8.95. The first-order chi connectivity index (χ1) is 12.3. The fraction of sp³-hybridized carbons (Fsp3) is 0.429. The van der Waals surface area contributed by atoms with Crippen LogP contribution in [0.15, 0.2) is 48.8 Å². The van der Waals surface area contributed by atoms with Gasteiger partial charge < -0.3 is 10.1 Å². The van der Waals surface area contributed by atoms with Crippen molar-refractivity contribution < 1.29 is 9.53 Å². The smallest absolute Gasteiger partial charge is 0.223 e. The lowest BCUT2D eigenvalue weighted by Gasteiger charge is -2.20. The van der Waals surface area contributed by atoms with E-state index in [1.54, 1.807) is 13.3 Å². The molecule has 1 unspecified atom stereocenters. The maximum absolute atomic E-state index is 12.4. The number of pyridine rings is 1. The van der Waals surface area contributed by atoms with Gasteiger partial charge in [0, 0.05) is 30.8 Å². The van der Waals surface area contributed by atoms with Crippen molar-refractivity contribution in [3.05, 3.63) is 59.9 Å². The molecule has 3 rings (SSSR count). The summed E-state index contributed by atoms with van der Waals surface area (Å²) in [5, 5.41) is 3.18. The zero-order valence-corrected chi connectivity index (χ0v) is 14.8. The molecule has 0 aliphatic heterocycles. The Morgan fingerprint density at radius 3 is 2.64 bits per heavy atom. The second-order valence-electron chi connectivity index (χ2n) is 6.76. The third-order valence-electron chi connectivity index (χ3n) is 5.04. The predicted octanol–water partition coefficient (Wildman–Crippen LogP) is 3.72. The topological polar surface area (TPSA) is 51.2 Å². The van der Waals surface area contributed by atoms with Crippen molar-refractivity contribution in [2.45, 2.75) is 38.0 Å². The molecule has 1 aliphatic rings. The van der Waals surface area contributed by atoms with Crippen LogP contribution in [0.25, 0.3) is 0 Å². The molecular formula is C21H26N2O2. The first-order valence-corrected chi connectivity index (χ1v) is 9.07. The van der Waals surface area contributed by atoms with E-state index < -0.39 is 0 Å². The van der Waals surface area contributed by atoms with Crippen LogP contribution in [0.1, 0.15) is 42.7 Å². The van der Waals surface area contributed by atoms with E-state index in [9.17, 15) is 4.79 Å². The van der Waals surface area contributed by atoms with Crippen LogP contribution in [-0.2, 0) is 11.2 Å². The van der Waals surface area contributed by atoms with Gasteiger partial charge in [-0.25, -0.2) is 0 Å². The summed E-state index contributed by atoms with van der Waals surface area (Å²) in [7, 11) is 1.67. The lowest BCUT2D eigenvalue weighted by molar-refractivity contribution is -0.124. The average molecular weight is 338 g/mol. The van der Waals surface area contributed by atoms with E-state index >= 15 is 0 Å². The molecule has 0 saturated heterocycles. The highest BCUT2D eigenvalue weighted by Gasteiger charge is 2.23. The van der Waals surface area contributed by atoms with E-state index in [0.29, 0.717) is 6.54 Å². The van der Waals surface area contributed by atoms with Crippen LogP contribution in [0, 0.1) is 5.92 Å². The SMILES string of the molecule is COc1ccc(C(CNC(=O)C2CCCC2)Cc2cccnc2)cc1. The van der Waals surface area contributed by atoms with Crippen LogP contribution in [0.2, 0.25) is 0 Å². The second-order valence-corrected chi connectivity index (χ2v) is 6.76. The number of rotatable bonds is 7. The summed E-state index contributed by atoms with van der Waals surface area (Å²) < 4.78 is 5.25. The van der Waals surface area contributed by atoms with E-state index in [-0.39, 0.29) is 17.7 Å². The van der Waals surface area contributed by atoms with Crippen molar-refractivity contribution in [2.24, 2.45) is 5.92 Å². The number of carbonyl (C=O) groups is 1. The molecule has 1 aromatic heterocycles. The molecule has 132 valence electrons. The molecule has 0 spiro atoms. The van der Waals surface area contributed by atoms with Gasteiger partial charge in [-0.1, -0.05) is 31.0 Å². The summed E-state index contributed by atoms with van der Waals surface area (Å²) in [6, 6.07) is 12.2. The fourth-order valence-electron chi connectivity index (χ4n) is 3.54. The minimum absolute atomic E-state index is 0.204. The highest BCUT2D eigenvalue weighted by molar-refractivity contribution is 5.78. The van der Waals surface area contributed by atoms with Crippen molar-refractivity contribution in [2.75, 3.05) is 13.7 Å². The largest absolute Gasteiger partial charge is 0.497 e. The molecule has 1 N–H and O–H groups in total. The zero-order valence-electron chi connectivity index (χ0n) is 14.8. The lowest BCUT2D eigenvalue weighted by Crippen LogP contribution is -2.33. The number of nitrogens with one attached hydrogen (secondary N) is 1. The van der Waals surface area contributed by atoms with Crippen molar-refractivity contribution in [1.82, 2.24) is 10.3 Å². The van der Waals surface area contributed by atoms with Gasteiger partial charge in [-0.3, -0.25) is 9.78 Å². The Morgan fingerprint density at radius 1 is 1.24 bits per heavy atom. The molecule has 1 aliphatic carbocycles. The van der Waals surface area contributed by atoms with Gasteiger partial charge in [0.25, 0.3) is 0 Å². The maximum atomic E-state index is 12.4. The van der Waals surface area contributed by atoms with Crippen LogP contribution >= 0.6 is 0 Å². The van der Waals surface area contributed by atoms with Gasteiger partial charge in [0.1, 0.15) is 5.75 Å². The van der Waals surface area contributed by atoms with Crippen molar-refractivity contribution in [3.8, 4) is 5.75 Å². The van der Waals surface area contributed by atoms with Crippen molar-refractivity contribution in [3.63, 3.8) is 0 Å². The minimum Gasteiger partial charge on any atom is -0.497 e. The molecule has 1 atom stereocenters. The van der Waals surface area contributed by atoms with Gasteiger partial charge in [-0.15, -0.1) is 0 Å². The number of methoxy groups -OCH3 is 1. The standard InChI is InChI=1S/C21H26N2O2/c1-25-20-10-8-17(9-11-20)19(13-16-5-4-12-22-14-16)15-23-21(24)18-6-2-3-7-18/h4-5,8-12,14,18-19H,2-3,6-7,13,15H2,1H3,(H,23,24). The molecule has 4 nitrogen and oxygen atoms in total. The molecule has 1 amide bonds. The molecule has 25 heavy (non-hydrogen) atoms. The van der Waals surface area contributed by atoms with Crippen molar-refractivity contribution in [1.29, 1.82) is 0 Å². The highest BCUT2D eigenvalue weighted by Crippen LogP contribution is 2.26. The normalized spacial score (nSPS) is 15.7. The number of amides is 1. The Kier molecular flexibility index (Phi) is 6.04. The molecule has 0 bridgehead atoms. The summed E-state index contributed by atoms with van der Waals surface area (Å²) in [5.74, 6) is 1.48. The number of aromatic nitrogens is 1. The quantitative estimate of drug-likeness (QED) is 0.837. The van der Waals surface area contributed by atoms with E-state index in [0.717, 1.165) is 25.0 Å². The first kappa shape index (κ1) is 17.5. The fourth-order valence-corrected chi connectivity index (χ4v) is 3.54. The predicted molar refractivity (Wildman–Crippen MR) is 98.6 cm³/mol. The van der Waals surface area contributed by atoms with Gasteiger partial charge in [-0.05, 0) is 48.6 Å². The molecule has 1 fully saturated rings. The third-order valence-corrected chi connectivity index (χ3v) is 5.04. The Morgan fingerprint density at radius 2 is 2.00 bits per heavy atom. The number of carbonyl (C=O) groups excluding carboxylic acids is 1. The number of nitrogens with zero attached hydrogens (tertiary/aromatic N) is 1. The molecule has 0 radical (unpaired) electrons. The summed E-state index contributed by atoms with van der Waals surface area (Å²) >= 11 is 0. The molecule has 2 aromatic rings. The Labute approximate surface area is 149 Å². The van der Waals surface area contributed by atoms with Gasteiger partial charge in [0.05, 0.1) is 7.11 Å². The van der Waals surface area contributed by atoms with Crippen LogP contribution in [0.4, 0.5) is 0 Å². The van der Waals surface area contributed by atoms with Gasteiger partial charge in [-0.2, -0.15) is 0 Å². The second kappa shape index (κ2) is 8.65. The summed E-state index contributed by atoms with van der Waals surface area (Å²) in [5.41, 5.74) is 2.38. The number of hydrogen-bond donors (Lipinski definition) is 1. The van der Waals surface area contributed by atoms with E-state index in [1.165, 1.54) is 24.0 Å². The maximum Gasteiger partial charge on any atom is 0.223 e. The number of ether oxygens (including phenoxy) is 1. The van der Waals surface area contributed by atoms with Crippen LogP contribution in [-0.4, -0.2) is 24.5 Å². The highest BCUT2D eigenvalue weighted by atomic mass is 16.5. The number of hydrogen-bond acceptors (Lipinski definition) is 3. The van der Waals surface area contributed by atoms with E-state index in [1.807, 2.05) is 24.4 Å². The first-order valence-electron chi connectivity index (χ1n) is 9.07. The average Bonchev–Trinajstić information content (AvgIpc) is 3.21. The monoisotopic (exact) mass is 338 g/mol. The molecule has 1 aromatic carbocycles. The van der Waals surface area contributed by atoms with Crippen LogP contribution in [0.5, 0.6) is 5.75 Å². The Balaban J connectivity index is 1.69. The van der Waals surface area contributed by atoms with Gasteiger partial charge in [0.15, 0.2) is 0 Å². The Hall–Kier alpha value is -2.36. The minimum atomic E-state index is 0.204. The molecule has 1 saturated carbocycles. The lowest BCUT2D eigenvalue weighted by atomic mass is 9.92. The molecule has 1 heterocycles. The zero-order chi connectivity index (χ0) is 17.5. The van der Waals surface area contributed by atoms with E-state index in [4.69, 9.17) is 4.74 Å². The van der Waals surface area contributed by atoms with Gasteiger partial charge >= 0.3 is 0 Å².